The third-order valence-electron chi connectivity index (χ3n) is 2.55. The van der Waals surface area contributed by atoms with Crippen LogP contribution in [0.4, 0.5) is 8.78 Å². The summed E-state index contributed by atoms with van der Waals surface area (Å²) in [4.78, 5) is 0. The van der Waals surface area contributed by atoms with Crippen molar-refractivity contribution in [3.05, 3.63) is 59.2 Å². The van der Waals surface area contributed by atoms with Gasteiger partial charge in [0, 0.05) is 21.8 Å². The Morgan fingerprint density at radius 3 is 1.58 bits per heavy atom. The van der Waals surface area contributed by atoms with E-state index in [0.29, 0.717) is 33.3 Å². The molecule has 0 saturated heterocycles. The van der Waals surface area contributed by atoms with Crippen LogP contribution in [0.1, 0.15) is 11.1 Å². The Morgan fingerprint density at radius 1 is 0.789 bits per heavy atom. The van der Waals surface area contributed by atoms with Gasteiger partial charge in [0.25, 0.3) is 0 Å². The highest BCUT2D eigenvalue weighted by atomic mass is 79.9. The molecule has 0 N–H and O–H groups in total. The normalized spacial score (nSPS) is 10.5. The van der Waals surface area contributed by atoms with E-state index < -0.39 is 0 Å². The summed E-state index contributed by atoms with van der Waals surface area (Å²) < 4.78 is 32.0. The van der Waals surface area contributed by atoms with Crippen molar-refractivity contribution >= 4 is 31.9 Å². The first-order valence-electron chi connectivity index (χ1n) is 5.50. The predicted octanol–water partition coefficient (Wildman–Crippen LogP) is 5.55. The van der Waals surface area contributed by atoms with Crippen LogP contribution < -0.4 is 4.74 Å². The van der Waals surface area contributed by atoms with Crippen LogP contribution in [0.25, 0.3) is 0 Å². The first-order valence-corrected chi connectivity index (χ1v) is 7.75. The van der Waals surface area contributed by atoms with E-state index in [1.54, 1.807) is 12.1 Å². The number of alkyl halides is 2. The average molecular weight is 392 g/mol. The summed E-state index contributed by atoms with van der Waals surface area (Å²) in [6, 6.07) is 8.60. The minimum atomic E-state index is -0.318. The van der Waals surface area contributed by atoms with Crippen molar-refractivity contribution in [3.63, 3.8) is 0 Å². The number of halogens is 4. The fraction of sp³-hybridized carbons (Fsp3) is 0.143. The molecule has 0 fully saturated rings. The Labute approximate surface area is 126 Å². The minimum Gasteiger partial charge on any atom is -0.457 e. The lowest BCUT2D eigenvalue weighted by molar-refractivity contribution is 0.470. The van der Waals surface area contributed by atoms with Gasteiger partial charge in [0.15, 0.2) is 0 Å². The molecule has 0 aromatic heterocycles. The van der Waals surface area contributed by atoms with Crippen molar-refractivity contribution in [2.75, 3.05) is 0 Å². The molecule has 0 amide bonds. The molecule has 2 rings (SSSR count). The van der Waals surface area contributed by atoms with E-state index in [4.69, 9.17) is 4.74 Å². The van der Waals surface area contributed by atoms with Crippen LogP contribution in [0.3, 0.4) is 0 Å². The summed E-state index contributed by atoms with van der Waals surface area (Å²) in [7, 11) is 0. The van der Waals surface area contributed by atoms with Crippen LogP contribution in [-0.2, 0) is 10.7 Å². The van der Waals surface area contributed by atoms with Gasteiger partial charge >= 0.3 is 0 Å². The molecule has 0 spiro atoms. The largest absolute Gasteiger partial charge is 0.457 e. The summed E-state index contributed by atoms with van der Waals surface area (Å²) >= 11 is 6.57. The number of hydrogen-bond donors (Lipinski definition) is 0. The van der Waals surface area contributed by atoms with Crippen LogP contribution in [0, 0.1) is 11.6 Å². The van der Waals surface area contributed by atoms with Gasteiger partial charge in [-0.25, -0.2) is 8.78 Å². The molecule has 0 radical (unpaired) electrons. The standard InChI is InChI=1S/C14H10Br2F2O/c15-7-9-5-11(17)1-3-13(9)19-14-4-2-12(18)6-10(14)8-16/h1-6H,7-8H2. The van der Waals surface area contributed by atoms with Crippen molar-refractivity contribution in [2.24, 2.45) is 0 Å². The average Bonchev–Trinajstić information content (AvgIpc) is 2.42. The molecule has 2 aromatic carbocycles. The maximum Gasteiger partial charge on any atom is 0.131 e. The second-order valence-electron chi connectivity index (χ2n) is 3.87. The summed E-state index contributed by atoms with van der Waals surface area (Å²) in [5, 5.41) is 0.954. The SMILES string of the molecule is Fc1ccc(Oc2ccc(F)cc2CBr)c(CBr)c1. The summed E-state index contributed by atoms with van der Waals surface area (Å²) in [5.74, 6) is 0.461. The molecule has 0 atom stereocenters. The number of benzene rings is 2. The molecular weight excluding hydrogens is 382 g/mol. The van der Waals surface area contributed by atoms with Gasteiger partial charge < -0.3 is 4.74 Å². The molecule has 0 aliphatic carbocycles. The van der Waals surface area contributed by atoms with Crippen molar-refractivity contribution in [2.45, 2.75) is 10.7 Å². The smallest absolute Gasteiger partial charge is 0.131 e. The molecule has 5 heteroatoms. The lowest BCUT2D eigenvalue weighted by Gasteiger charge is -2.12. The van der Waals surface area contributed by atoms with E-state index in [9.17, 15) is 8.78 Å². The maximum absolute atomic E-state index is 13.1. The Morgan fingerprint density at radius 2 is 1.21 bits per heavy atom. The molecular formula is C14H10Br2F2O. The van der Waals surface area contributed by atoms with Gasteiger partial charge in [-0.3, -0.25) is 0 Å². The molecule has 0 heterocycles. The first kappa shape index (κ1) is 14.5. The second-order valence-corrected chi connectivity index (χ2v) is 4.99. The maximum atomic E-state index is 13.1. The highest BCUT2D eigenvalue weighted by Crippen LogP contribution is 2.31. The van der Waals surface area contributed by atoms with Gasteiger partial charge in [0.05, 0.1) is 0 Å². The van der Waals surface area contributed by atoms with Crippen molar-refractivity contribution in [1.82, 2.24) is 0 Å². The van der Waals surface area contributed by atoms with Gasteiger partial charge in [-0.2, -0.15) is 0 Å². The van der Waals surface area contributed by atoms with E-state index in [0.717, 1.165) is 0 Å². The highest BCUT2D eigenvalue weighted by molar-refractivity contribution is 9.08. The van der Waals surface area contributed by atoms with E-state index in [1.165, 1.54) is 24.3 Å². The van der Waals surface area contributed by atoms with E-state index >= 15 is 0 Å². The van der Waals surface area contributed by atoms with Gasteiger partial charge in [-0.1, -0.05) is 31.9 Å². The molecule has 1 nitrogen and oxygen atoms in total. The van der Waals surface area contributed by atoms with Crippen LogP contribution in [0.15, 0.2) is 36.4 Å². The molecule has 100 valence electrons. The molecule has 0 aliphatic rings. The molecule has 2 aromatic rings. The monoisotopic (exact) mass is 390 g/mol. The van der Waals surface area contributed by atoms with Crippen LogP contribution in [0.5, 0.6) is 11.5 Å². The molecule has 0 saturated carbocycles. The number of hydrogen-bond acceptors (Lipinski definition) is 1. The van der Waals surface area contributed by atoms with Gasteiger partial charge in [0.1, 0.15) is 23.1 Å². The van der Waals surface area contributed by atoms with E-state index in [-0.39, 0.29) is 11.6 Å². The highest BCUT2D eigenvalue weighted by Gasteiger charge is 2.09. The summed E-state index contributed by atoms with van der Waals surface area (Å²) in [5.41, 5.74) is 1.40. The van der Waals surface area contributed by atoms with E-state index in [2.05, 4.69) is 31.9 Å². The number of ether oxygens (including phenoxy) is 1. The second kappa shape index (κ2) is 6.48. The Kier molecular flexibility index (Phi) is 4.93. The molecule has 19 heavy (non-hydrogen) atoms. The van der Waals surface area contributed by atoms with Gasteiger partial charge in [0.2, 0.25) is 0 Å². The predicted molar refractivity (Wildman–Crippen MR) is 78.1 cm³/mol. The van der Waals surface area contributed by atoms with Crippen LogP contribution in [0.2, 0.25) is 0 Å². The Hall–Kier alpha value is -0.940. The Balaban J connectivity index is 2.36. The topological polar surface area (TPSA) is 9.23 Å². The van der Waals surface area contributed by atoms with Crippen molar-refractivity contribution in [3.8, 4) is 11.5 Å². The first-order chi connectivity index (χ1) is 9.13. The van der Waals surface area contributed by atoms with Crippen LogP contribution >= 0.6 is 31.9 Å². The molecule has 0 unspecified atom stereocenters. The zero-order chi connectivity index (χ0) is 13.8. The molecule has 0 aliphatic heterocycles. The third-order valence-corrected chi connectivity index (χ3v) is 3.76. The van der Waals surface area contributed by atoms with E-state index in [1.807, 2.05) is 0 Å². The van der Waals surface area contributed by atoms with Crippen LogP contribution in [-0.4, -0.2) is 0 Å². The van der Waals surface area contributed by atoms with Crippen molar-refractivity contribution < 1.29 is 13.5 Å². The fourth-order valence-corrected chi connectivity index (χ4v) is 2.50. The van der Waals surface area contributed by atoms with Gasteiger partial charge in [-0.05, 0) is 36.4 Å². The minimum absolute atomic E-state index is 0.318. The lowest BCUT2D eigenvalue weighted by atomic mass is 10.2. The van der Waals surface area contributed by atoms with Gasteiger partial charge in [-0.15, -0.1) is 0 Å². The van der Waals surface area contributed by atoms with Crippen molar-refractivity contribution in [1.29, 1.82) is 0 Å². The zero-order valence-electron chi connectivity index (χ0n) is 9.80. The number of rotatable bonds is 4. The Bertz CT molecular complexity index is 536. The quantitative estimate of drug-likeness (QED) is 0.621. The third kappa shape index (κ3) is 3.54. The summed E-state index contributed by atoms with van der Waals surface area (Å²) in [6.45, 7) is 0. The zero-order valence-corrected chi connectivity index (χ0v) is 13.0. The molecule has 0 bridgehead atoms. The lowest BCUT2D eigenvalue weighted by Crippen LogP contribution is -1.94. The summed E-state index contributed by atoms with van der Waals surface area (Å²) in [6.07, 6.45) is 0. The fourth-order valence-electron chi connectivity index (χ4n) is 1.62.